The van der Waals surface area contributed by atoms with Crippen molar-refractivity contribution in [1.82, 2.24) is 0 Å². The molecule has 6 atom stereocenters. The maximum Gasteiger partial charge on any atom is 0.469 e. The van der Waals surface area contributed by atoms with E-state index in [1.807, 2.05) is 0 Å². The van der Waals surface area contributed by atoms with Gasteiger partial charge in [0.2, 0.25) is 0 Å². The lowest BCUT2D eigenvalue weighted by molar-refractivity contribution is -0.160. The van der Waals surface area contributed by atoms with Crippen molar-refractivity contribution in [2.75, 3.05) is 13.2 Å². The first kappa shape index (κ1) is 47.2. The molecule has 0 spiro atoms. The molecule has 296 valence electrons. The number of hydrogen-bond donors (Lipinski definition) is 5. The van der Waals surface area contributed by atoms with E-state index in [2.05, 4.69) is 30.5 Å². The Morgan fingerprint density at radius 3 is 2.02 bits per heavy atom. The highest BCUT2D eigenvalue weighted by Crippen LogP contribution is 2.37. The van der Waals surface area contributed by atoms with Gasteiger partial charge >= 0.3 is 19.8 Å². The van der Waals surface area contributed by atoms with Crippen LogP contribution in [0.15, 0.2) is 36.5 Å². The Morgan fingerprint density at radius 2 is 1.37 bits per heavy atom. The van der Waals surface area contributed by atoms with Crippen LogP contribution < -0.4 is 0 Å². The first-order valence-electron chi connectivity index (χ1n) is 19.5. The van der Waals surface area contributed by atoms with Crippen LogP contribution in [-0.2, 0) is 28.2 Å². The fraction of sp³-hybridized carbons (Fsp3) is 0.795. The predicted molar refractivity (Wildman–Crippen MR) is 200 cm³/mol. The lowest BCUT2D eigenvalue weighted by Crippen LogP contribution is -2.29. The fourth-order valence-electron chi connectivity index (χ4n) is 6.22. The topological polar surface area (TPSA) is 180 Å². The number of aliphatic hydroxyl groups excluding tert-OH is 3. The molecule has 11 nitrogen and oxygen atoms in total. The van der Waals surface area contributed by atoms with Crippen LogP contribution >= 0.6 is 7.82 Å². The molecule has 0 unspecified atom stereocenters. The van der Waals surface area contributed by atoms with Gasteiger partial charge in [-0.05, 0) is 50.9 Å². The maximum absolute atomic E-state index is 12.4. The minimum atomic E-state index is -4.83. The van der Waals surface area contributed by atoms with Crippen molar-refractivity contribution in [3.63, 3.8) is 0 Å². The van der Waals surface area contributed by atoms with Gasteiger partial charge in [0.15, 0.2) is 6.10 Å². The molecule has 0 aromatic heterocycles. The molecule has 1 aliphatic carbocycles. The standard InChI is InChI=1S/C39H69O11P/c1-3-5-7-8-9-10-11-12-13-14-15-16-17-18-20-26-39(44)50-33(31-49-51(45,46)47)30-48-38(43)25-22-21-24-34-35(37(42)29-36(34)41)28-27-32(40)23-19-6-4-2/h12-13,21-22,27-28,32-37,40-42H,3-11,14-20,23-26,29-31H2,1-2H3,(H2,45,46,47)/b13-12-,22-21-,28-27+/t32-,33-,34+,35-,36+,37-/m1/s1. The number of carbonyl (C=O) groups excluding carboxylic acids is 2. The third-order valence-corrected chi connectivity index (χ3v) is 9.72. The molecule has 0 aliphatic heterocycles. The van der Waals surface area contributed by atoms with E-state index in [9.17, 15) is 29.5 Å². The molecule has 51 heavy (non-hydrogen) atoms. The number of phosphoric acid groups is 1. The zero-order valence-electron chi connectivity index (χ0n) is 31.3. The summed E-state index contributed by atoms with van der Waals surface area (Å²) in [7, 11) is -4.83. The second kappa shape index (κ2) is 29.6. The third-order valence-electron chi connectivity index (χ3n) is 9.23. The predicted octanol–water partition coefficient (Wildman–Crippen LogP) is 7.78. The van der Waals surface area contributed by atoms with E-state index >= 15 is 0 Å². The zero-order valence-corrected chi connectivity index (χ0v) is 32.2. The molecule has 1 aliphatic rings. The maximum atomic E-state index is 12.4. The van der Waals surface area contributed by atoms with E-state index in [4.69, 9.17) is 19.3 Å². The van der Waals surface area contributed by atoms with Gasteiger partial charge in [-0.3, -0.25) is 14.1 Å². The number of esters is 2. The van der Waals surface area contributed by atoms with Crippen LogP contribution in [0.25, 0.3) is 0 Å². The third kappa shape index (κ3) is 25.7. The Balaban J connectivity index is 2.38. The number of ether oxygens (including phenoxy) is 2. The first-order chi connectivity index (χ1) is 24.5. The summed E-state index contributed by atoms with van der Waals surface area (Å²) in [6.07, 6.45) is 27.1. The second-order valence-electron chi connectivity index (χ2n) is 13.9. The Labute approximate surface area is 307 Å². The van der Waals surface area contributed by atoms with Gasteiger partial charge in [-0.25, -0.2) is 4.57 Å². The molecule has 0 saturated heterocycles. The van der Waals surface area contributed by atoms with Gasteiger partial charge in [-0.1, -0.05) is 121 Å². The summed E-state index contributed by atoms with van der Waals surface area (Å²) in [6.45, 7) is 3.27. The van der Waals surface area contributed by atoms with Crippen LogP contribution in [0.2, 0.25) is 0 Å². The van der Waals surface area contributed by atoms with Crippen molar-refractivity contribution < 1.29 is 53.3 Å². The molecule has 0 amide bonds. The Hall–Kier alpha value is -1.85. The van der Waals surface area contributed by atoms with Gasteiger partial charge < -0.3 is 34.6 Å². The lowest BCUT2D eigenvalue weighted by Gasteiger charge is -2.19. The monoisotopic (exact) mass is 744 g/mol. The molecule has 0 aromatic rings. The van der Waals surface area contributed by atoms with Crippen molar-refractivity contribution in [3.05, 3.63) is 36.5 Å². The summed E-state index contributed by atoms with van der Waals surface area (Å²) in [5.74, 6) is -1.80. The molecule has 1 rings (SSSR count). The van der Waals surface area contributed by atoms with Crippen molar-refractivity contribution in [1.29, 1.82) is 0 Å². The van der Waals surface area contributed by atoms with Crippen LogP contribution in [0.4, 0.5) is 0 Å². The molecule has 1 saturated carbocycles. The molecule has 5 N–H and O–H groups in total. The van der Waals surface area contributed by atoms with Gasteiger partial charge in [0.25, 0.3) is 0 Å². The molecule has 0 radical (unpaired) electrons. The highest BCUT2D eigenvalue weighted by molar-refractivity contribution is 7.46. The van der Waals surface area contributed by atoms with Crippen molar-refractivity contribution in [2.45, 2.75) is 173 Å². The minimum absolute atomic E-state index is 0.114. The second-order valence-corrected chi connectivity index (χ2v) is 15.1. The molecular weight excluding hydrogens is 675 g/mol. The summed E-state index contributed by atoms with van der Waals surface area (Å²) >= 11 is 0. The van der Waals surface area contributed by atoms with E-state index in [1.165, 1.54) is 38.5 Å². The number of aliphatic hydroxyl groups is 3. The van der Waals surface area contributed by atoms with Crippen LogP contribution in [0.3, 0.4) is 0 Å². The molecular formula is C39H69O11P. The quantitative estimate of drug-likeness (QED) is 0.0202. The minimum Gasteiger partial charge on any atom is -0.461 e. The van der Waals surface area contributed by atoms with E-state index in [0.29, 0.717) is 19.3 Å². The van der Waals surface area contributed by atoms with Crippen LogP contribution in [0, 0.1) is 11.8 Å². The van der Waals surface area contributed by atoms with Gasteiger partial charge in [0.05, 0.1) is 31.3 Å². The van der Waals surface area contributed by atoms with Gasteiger partial charge in [0, 0.05) is 18.8 Å². The Bertz CT molecular complexity index is 1040. The number of unbranched alkanes of at least 4 members (excludes halogenated alkanes) is 13. The van der Waals surface area contributed by atoms with Crippen molar-refractivity contribution in [3.8, 4) is 0 Å². The largest absolute Gasteiger partial charge is 0.469 e. The Morgan fingerprint density at radius 1 is 0.765 bits per heavy atom. The zero-order chi connectivity index (χ0) is 37.7. The van der Waals surface area contributed by atoms with Crippen LogP contribution in [-0.4, -0.2) is 74.7 Å². The van der Waals surface area contributed by atoms with E-state index in [-0.39, 0.29) is 31.1 Å². The number of rotatable bonds is 31. The fourth-order valence-corrected chi connectivity index (χ4v) is 6.58. The summed E-state index contributed by atoms with van der Waals surface area (Å²) in [5.41, 5.74) is 0. The van der Waals surface area contributed by atoms with Crippen molar-refractivity contribution >= 4 is 19.8 Å². The van der Waals surface area contributed by atoms with Gasteiger partial charge in [0.1, 0.15) is 6.61 Å². The average Bonchev–Trinajstić information content (AvgIpc) is 3.35. The van der Waals surface area contributed by atoms with Gasteiger partial charge in [-0.2, -0.15) is 0 Å². The number of allylic oxidation sites excluding steroid dienone is 3. The smallest absolute Gasteiger partial charge is 0.461 e. The Kier molecular flexibility index (Phi) is 27.4. The van der Waals surface area contributed by atoms with E-state index < -0.39 is 57.4 Å². The van der Waals surface area contributed by atoms with E-state index in [1.54, 1.807) is 24.3 Å². The van der Waals surface area contributed by atoms with Crippen LogP contribution in [0.5, 0.6) is 0 Å². The lowest BCUT2D eigenvalue weighted by atomic mass is 9.89. The summed E-state index contributed by atoms with van der Waals surface area (Å²) in [4.78, 5) is 43.0. The van der Waals surface area contributed by atoms with E-state index in [0.717, 1.165) is 57.8 Å². The average molecular weight is 745 g/mol. The highest BCUT2D eigenvalue weighted by Gasteiger charge is 2.39. The summed E-state index contributed by atoms with van der Waals surface area (Å²) in [6, 6.07) is 0. The number of carbonyl (C=O) groups is 2. The first-order valence-corrected chi connectivity index (χ1v) is 21.1. The van der Waals surface area contributed by atoms with Crippen LogP contribution in [0.1, 0.15) is 149 Å². The number of hydrogen-bond acceptors (Lipinski definition) is 9. The van der Waals surface area contributed by atoms with Crippen molar-refractivity contribution in [2.24, 2.45) is 11.8 Å². The highest BCUT2D eigenvalue weighted by atomic mass is 31.2. The SMILES string of the molecule is CCCCCCCC/C=C\CCCCCCCC(=O)O[C@H](COC(=O)C/C=C\C[C@H]1[C@@H](/C=C/[C@H](O)CCCCC)[C@H](O)C[C@@H]1O)COP(=O)(O)O. The summed E-state index contributed by atoms with van der Waals surface area (Å²) in [5, 5.41) is 31.1. The normalized spacial score (nSPS) is 20.8. The van der Waals surface area contributed by atoms with Gasteiger partial charge in [-0.15, -0.1) is 0 Å². The molecule has 1 fully saturated rings. The summed E-state index contributed by atoms with van der Waals surface area (Å²) < 4.78 is 26.3. The molecule has 0 aromatic carbocycles. The molecule has 0 heterocycles. The molecule has 12 heteroatoms. The molecule has 0 bridgehead atoms. The number of phosphoric ester groups is 1.